The molecule has 1 aliphatic carbocycles. The maximum Gasteiger partial charge on any atom is 0.317 e. The maximum atomic E-state index is 10.6. The number of rotatable bonds is 5. The lowest BCUT2D eigenvalue weighted by Gasteiger charge is -2.32. The number of aliphatic carboxylic acids is 1. The van der Waals surface area contributed by atoms with E-state index < -0.39 is 5.97 Å². The number of hydrogen-bond donors (Lipinski definition) is 1. The van der Waals surface area contributed by atoms with Crippen LogP contribution in [0.1, 0.15) is 39.5 Å². The van der Waals surface area contributed by atoms with Crippen LogP contribution in [-0.4, -0.2) is 36.1 Å². The second kappa shape index (κ2) is 6.24. The summed E-state index contributed by atoms with van der Waals surface area (Å²) in [5, 5.41) is 8.69. The van der Waals surface area contributed by atoms with Crippen LogP contribution in [0.25, 0.3) is 0 Å². The largest absolute Gasteiger partial charge is 0.480 e. The molecule has 0 unspecified atom stereocenters. The summed E-state index contributed by atoms with van der Waals surface area (Å²) in [6.07, 6.45) is 5.19. The highest BCUT2D eigenvalue weighted by molar-refractivity contribution is 5.68. The molecule has 0 spiro atoms. The Morgan fingerprint density at radius 3 is 2.31 bits per heavy atom. The van der Waals surface area contributed by atoms with E-state index in [2.05, 4.69) is 13.8 Å². The van der Waals surface area contributed by atoms with Crippen molar-refractivity contribution in [2.45, 2.75) is 39.5 Å². The van der Waals surface area contributed by atoms with E-state index in [-0.39, 0.29) is 6.54 Å². The summed E-state index contributed by atoms with van der Waals surface area (Å²) in [6.45, 7) is 5.73. The molecular formula is C13H25NO2. The summed E-state index contributed by atoms with van der Waals surface area (Å²) in [5.74, 6) is 1.68. The van der Waals surface area contributed by atoms with Gasteiger partial charge in [0.05, 0.1) is 6.54 Å². The van der Waals surface area contributed by atoms with Crippen LogP contribution in [-0.2, 0) is 4.79 Å². The minimum Gasteiger partial charge on any atom is -0.480 e. The normalized spacial score (nSPS) is 26.3. The first-order valence-corrected chi connectivity index (χ1v) is 6.39. The van der Waals surface area contributed by atoms with Gasteiger partial charge in [0, 0.05) is 6.54 Å². The minimum absolute atomic E-state index is 0.171. The summed E-state index contributed by atoms with van der Waals surface area (Å²) in [6, 6.07) is 0. The molecule has 0 aromatic rings. The molecular weight excluding hydrogens is 202 g/mol. The van der Waals surface area contributed by atoms with E-state index in [1.165, 1.54) is 25.7 Å². The highest BCUT2D eigenvalue weighted by atomic mass is 16.4. The predicted octanol–water partition coefficient (Wildman–Crippen LogP) is 2.47. The molecule has 0 aliphatic heterocycles. The van der Waals surface area contributed by atoms with Gasteiger partial charge < -0.3 is 5.11 Å². The van der Waals surface area contributed by atoms with E-state index in [1.54, 1.807) is 0 Å². The van der Waals surface area contributed by atoms with Gasteiger partial charge in [-0.1, -0.05) is 13.8 Å². The first-order valence-electron chi connectivity index (χ1n) is 6.39. The van der Waals surface area contributed by atoms with Gasteiger partial charge in [-0.15, -0.1) is 0 Å². The van der Waals surface area contributed by atoms with Crippen LogP contribution >= 0.6 is 0 Å². The lowest BCUT2D eigenvalue weighted by molar-refractivity contribution is -0.138. The average Bonchev–Trinajstić information content (AvgIpc) is 2.16. The molecule has 1 fully saturated rings. The number of carboxylic acids is 1. The van der Waals surface area contributed by atoms with E-state index >= 15 is 0 Å². The molecule has 0 saturated heterocycles. The number of carboxylic acid groups (broad SMARTS) is 1. The Morgan fingerprint density at radius 2 is 1.88 bits per heavy atom. The van der Waals surface area contributed by atoms with Gasteiger partial charge >= 0.3 is 5.97 Å². The van der Waals surface area contributed by atoms with Gasteiger partial charge in [0.25, 0.3) is 0 Å². The monoisotopic (exact) mass is 227 g/mol. The molecule has 0 aromatic heterocycles. The maximum absolute atomic E-state index is 10.6. The fraction of sp³-hybridized carbons (Fsp3) is 0.923. The molecule has 0 radical (unpaired) electrons. The molecule has 1 aliphatic rings. The average molecular weight is 227 g/mol. The number of nitrogens with zero attached hydrogens (tertiary/aromatic N) is 1. The third-order valence-electron chi connectivity index (χ3n) is 3.81. The van der Waals surface area contributed by atoms with Crippen molar-refractivity contribution in [2.75, 3.05) is 20.1 Å². The Balaban J connectivity index is 2.24. The molecule has 1 saturated carbocycles. The zero-order valence-corrected chi connectivity index (χ0v) is 10.8. The predicted molar refractivity (Wildman–Crippen MR) is 65.4 cm³/mol. The Bertz CT molecular complexity index is 220. The molecule has 3 nitrogen and oxygen atoms in total. The Labute approximate surface area is 98.8 Å². The molecule has 3 heteroatoms. The fourth-order valence-corrected chi connectivity index (χ4v) is 2.77. The van der Waals surface area contributed by atoms with Gasteiger partial charge in [-0.05, 0) is 50.5 Å². The second-order valence-corrected chi connectivity index (χ2v) is 5.62. The Hall–Kier alpha value is -0.570. The molecule has 94 valence electrons. The number of likely N-dealkylation sites (N-methyl/N-ethyl adjacent to an activating group) is 1. The van der Waals surface area contributed by atoms with E-state index in [1.807, 2.05) is 11.9 Å². The van der Waals surface area contributed by atoms with E-state index in [4.69, 9.17) is 5.11 Å². The van der Waals surface area contributed by atoms with Crippen molar-refractivity contribution in [2.24, 2.45) is 17.8 Å². The van der Waals surface area contributed by atoms with Gasteiger partial charge in [0.15, 0.2) is 0 Å². The Morgan fingerprint density at radius 1 is 1.31 bits per heavy atom. The summed E-state index contributed by atoms with van der Waals surface area (Å²) in [4.78, 5) is 12.5. The summed E-state index contributed by atoms with van der Waals surface area (Å²) < 4.78 is 0. The SMILES string of the molecule is CC(C)C1CCC(CN(C)CC(=O)O)CC1. The van der Waals surface area contributed by atoms with Crippen LogP contribution in [0.3, 0.4) is 0 Å². The molecule has 1 N–H and O–H groups in total. The molecule has 0 atom stereocenters. The summed E-state index contributed by atoms with van der Waals surface area (Å²) in [5.41, 5.74) is 0. The van der Waals surface area contributed by atoms with Crippen molar-refractivity contribution in [1.29, 1.82) is 0 Å². The molecule has 1 rings (SSSR count). The molecule has 16 heavy (non-hydrogen) atoms. The third kappa shape index (κ3) is 4.52. The van der Waals surface area contributed by atoms with Gasteiger partial charge in [-0.25, -0.2) is 0 Å². The van der Waals surface area contributed by atoms with Gasteiger partial charge in [0.1, 0.15) is 0 Å². The van der Waals surface area contributed by atoms with Crippen LogP contribution in [0.5, 0.6) is 0 Å². The summed E-state index contributed by atoms with van der Waals surface area (Å²) >= 11 is 0. The van der Waals surface area contributed by atoms with Gasteiger partial charge in [-0.3, -0.25) is 9.69 Å². The highest BCUT2D eigenvalue weighted by Crippen LogP contribution is 2.33. The van der Waals surface area contributed by atoms with Crippen LogP contribution in [0.15, 0.2) is 0 Å². The van der Waals surface area contributed by atoms with E-state index in [0.29, 0.717) is 5.92 Å². The number of hydrogen-bond acceptors (Lipinski definition) is 2. The summed E-state index contributed by atoms with van der Waals surface area (Å²) in [7, 11) is 1.91. The van der Waals surface area contributed by atoms with Crippen molar-refractivity contribution >= 4 is 5.97 Å². The first kappa shape index (κ1) is 13.5. The van der Waals surface area contributed by atoms with E-state index in [9.17, 15) is 4.79 Å². The zero-order chi connectivity index (χ0) is 12.1. The standard InChI is InChI=1S/C13H25NO2/c1-10(2)12-6-4-11(5-7-12)8-14(3)9-13(15)16/h10-12H,4-9H2,1-3H3,(H,15,16). The van der Waals surface area contributed by atoms with Gasteiger partial charge in [0.2, 0.25) is 0 Å². The molecule has 0 amide bonds. The van der Waals surface area contributed by atoms with Crippen molar-refractivity contribution < 1.29 is 9.90 Å². The van der Waals surface area contributed by atoms with Crippen molar-refractivity contribution in [3.8, 4) is 0 Å². The topological polar surface area (TPSA) is 40.5 Å². The molecule has 0 heterocycles. The number of carbonyl (C=O) groups is 1. The lowest BCUT2D eigenvalue weighted by atomic mass is 9.77. The van der Waals surface area contributed by atoms with Crippen molar-refractivity contribution in [3.05, 3.63) is 0 Å². The van der Waals surface area contributed by atoms with Crippen LogP contribution in [0.2, 0.25) is 0 Å². The van der Waals surface area contributed by atoms with Crippen LogP contribution in [0, 0.1) is 17.8 Å². The van der Waals surface area contributed by atoms with Crippen molar-refractivity contribution in [3.63, 3.8) is 0 Å². The highest BCUT2D eigenvalue weighted by Gasteiger charge is 2.24. The lowest BCUT2D eigenvalue weighted by Crippen LogP contribution is -2.32. The van der Waals surface area contributed by atoms with Crippen LogP contribution < -0.4 is 0 Å². The third-order valence-corrected chi connectivity index (χ3v) is 3.81. The van der Waals surface area contributed by atoms with Crippen LogP contribution in [0.4, 0.5) is 0 Å². The second-order valence-electron chi connectivity index (χ2n) is 5.62. The Kier molecular flexibility index (Phi) is 5.26. The zero-order valence-electron chi connectivity index (χ0n) is 10.8. The minimum atomic E-state index is -0.724. The molecule has 0 aromatic carbocycles. The fourth-order valence-electron chi connectivity index (χ4n) is 2.77. The van der Waals surface area contributed by atoms with Crippen molar-refractivity contribution in [1.82, 2.24) is 4.90 Å². The van der Waals surface area contributed by atoms with E-state index in [0.717, 1.165) is 18.4 Å². The first-order chi connectivity index (χ1) is 7.49. The van der Waals surface area contributed by atoms with Gasteiger partial charge in [-0.2, -0.15) is 0 Å². The smallest absolute Gasteiger partial charge is 0.317 e. The molecule has 0 bridgehead atoms. The quantitative estimate of drug-likeness (QED) is 0.784.